The Morgan fingerprint density at radius 1 is 1.03 bits per heavy atom. The fourth-order valence-corrected chi connectivity index (χ4v) is 3.89. The maximum absolute atomic E-state index is 12.6. The Bertz CT molecular complexity index is 1360. The number of nitrogens with zero attached hydrogens (tertiary/aromatic N) is 1. The molecule has 0 radical (unpaired) electrons. The van der Waals surface area contributed by atoms with Crippen LogP contribution >= 0.6 is 12.2 Å². The summed E-state index contributed by atoms with van der Waals surface area (Å²) in [6.45, 7) is 8.45. The molecular weight excluding hydrogens is 470 g/mol. The van der Waals surface area contributed by atoms with Gasteiger partial charge in [0, 0.05) is 16.8 Å². The molecule has 0 fully saturated rings. The van der Waals surface area contributed by atoms with Gasteiger partial charge in [0.15, 0.2) is 10.7 Å². The molecule has 0 saturated heterocycles. The Morgan fingerprint density at radius 3 is 2.53 bits per heavy atom. The Kier molecular flexibility index (Phi) is 8.00. The van der Waals surface area contributed by atoms with E-state index in [1.54, 1.807) is 24.3 Å². The number of ether oxygens (including phenoxy) is 1. The summed E-state index contributed by atoms with van der Waals surface area (Å²) in [5, 5.41) is 5.99. The van der Waals surface area contributed by atoms with Gasteiger partial charge in [-0.3, -0.25) is 10.1 Å². The van der Waals surface area contributed by atoms with Crippen LogP contribution in [0.5, 0.6) is 5.75 Å². The molecule has 4 rings (SSSR count). The molecule has 0 aliphatic heterocycles. The van der Waals surface area contributed by atoms with E-state index in [4.69, 9.17) is 26.4 Å². The predicted octanol–water partition coefficient (Wildman–Crippen LogP) is 7.31. The van der Waals surface area contributed by atoms with Gasteiger partial charge < -0.3 is 14.5 Å². The van der Waals surface area contributed by atoms with Crippen LogP contribution in [0.4, 0.5) is 5.69 Å². The van der Waals surface area contributed by atoms with Crippen molar-refractivity contribution in [3.63, 3.8) is 0 Å². The van der Waals surface area contributed by atoms with E-state index >= 15 is 0 Å². The zero-order valence-electron chi connectivity index (χ0n) is 21.0. The number of nitrogens with one attached hydrogen (secondary N) is 2. The van der Waals surface area contributed by atoms with E-state index in [2.05, 4.69) is 43.5 Å². The van der Waals surface area contributed by atoms with Crippen molar-refractivity contribution in [3.05, 3.63) is 77.9 Å². The fraction of sp³-hybridized carbons (Fsp3) is 0.276. The van der Waals surface area contributed by atoms with E-state index in [0.29, 0.717) is 17.4 Å². The molecule has 0 aliphatic rings. The molecule has 36 heavy (non-hydrogen) atoms. The average molecular weight is 502 g/mol. The van der Waals surface area contributed by atoms with Gasteiger partial charge in [-0.1, -0.05) is 32.9 Å². The summed E-state index contributed by atoms with van der Waals surface area (Å²) in [4.78, 5) is 17.3. The molecule has 0 aliphatic carbocycles. The van der Waals surface area contributed by atoms with Crippen LogP contribution < -0.4 is 15.4 Å². The van der Waals surface area contributed by atoms with Crippen molar-refractivity contribution >= 4 is 40.0 Å². The van der Waals surface area contributed by atoms with E-state index < -0.39 is 0 Å². The Hall–Kier alpha value is -3.71. The molecule has 186 valence electrons. The Morgan fingerprint density at radius 2 is 1.81 bits per heavy atom. The van der Waals surface area contributed by atoms with Crippen LogP contribution in [0, 0.1) is 0 Å². The number of thiocarbonyl (C=S) groups is 1. The van der Waals surface area contributed by atoms with Crippen LogP contribution in [0.2, 0.25) is 0 Å². The summed E-state index contributed by atoms with van der Waals surface area (Å²) < 4.78 is 11.8. The fourth-order valence-electron chi connectivity index (χ4n) is 3.68. The second kappa shape index (κ2) is 11.4. The summed E-state index contributed by atoms with van der Waals surface area (Å²) in [6.07, 6.45) is 2.10. The number of anilines is 1. The molecule has 4 aromatic rings. The van der Waals surface area contributed by atoms with Crippen molar-refractivity contribution in [2.75, 3.05) is 5.32 Å². The molecule has 0 bridgehead atoms. The summed E-state index contributed by atoms with van der Waals surface area (Å²) in [5.41, 5.74) is 4.86. The minimum atomic E-state index is -0.296. The number of aromatic nitrogens is 1. The first-order valence-corrected chi connectivity index (χ1v) is 12.7. The molecule has 1 amide bonds. The van der Waals surface area contributed by atoms with Crippen LogP contribution in [0.15, 0.2) is 71.1 Å². The van der Waals surface area contributed by atoms with Gasteiger partial charge in [0.25, 0.3) is 5.91 Å². The molecule has 0 saturated carbocycles. The molecule has 0 spiro atoms. The smallest absolute Gasteiger partial charge is 0.257 e. The van der Waals surface area contributed by atoms with E-state index in [1.807, 2.05) is 37.3 Å². The van der Waals surface area contributed by atoms with Crippen molar-refractivity contribution in [1.29, 1.82) is 0 Å². The molecule has 7 heteroatoms. The maximum Gasteiger partial charge on any atom is 0.257 e. The lowest BCUT2D eigenvalue weighted by Gasteiger charge is -2.13. The number of oxazole rings is 1. The number of benzene rings is 3. The third-order valence-corrected chi connectivity index (χ3v) is 6.42. The van der Waals surface area contributed by atoms with Crippen LogP contribution in [0.1, 0.15) is 62.4 Å². The molecular formula is C29H31N3O3S. The van der Waals surface area contributed by atoms with Crippen molar-refractivity contribution in [3.8, 4) is 17.2 Å². The predicted molar refractivity (Wildman–Crippen MR) is 149 cm³/mol. The third-order valence-electron chi connectivity index (χ3n) is 6.22. The second-order valence-electron chi connectivity index (χ2n) is 8.91. The van der Waals surface area contributed by atoms with Gasteiger partial charge in [0.2, 0.25) is 5.89 Å². The number of rotatable bonds is 8. The summed E-state index contributed by atoms with van der Waals surface area (Å²) >= 11 is 5.37. The summed E-state index contributed by atoms with van der Waals surface area (Å²) in [5.74, 6) is 1.43. The molecule has 1 aromatic heterocycles. The van der Waals surface area contributed by atoms with Crippen LogP contribution in [-0.2, 0) is 0 Å². The van der Waals surface area contributed by atoms with E-state index in [9.17, 15) is 4.79 Å². The standard InChI is InChI=1S/C29H31N3O3S/c1-5-18(3)21-12-15-26-25(17-21)31-28(35-26)22-8-7-9-23(16-22)30-29(36)32-27(33)20-10-13-24(14-11-20)34-19(4)6-2/h7-19H,5-6H2,1-4H3,(H2,30,32,33,36). The van der Waals surface area contributed by atoms with Gasteiger partial charge in [0.1, 0.15) is 11.3 Å². The first-order valence-electron chi connectivity index (χ1n) is 12.3. The lowest BCUT2D eigenvalue weighted by molar-refractivity contribution is 0.0977. The Labute approximate surface area is 217 Å². The minimum absolute atomic E-state index is 0.120. The zero-order chi connectivity index (χ0) is 25.7. The monoisotopic (exact) mass is 501 g/mol. The highest BCUT2D eigenvalue weighted by Crippen LogP contribution is 2.29. The number of fused-ring (bicyclic) bond motifs is 1. The molecule has 6 nitrogen and oxygen atoms in total. The topological polar surface area (TPSA) is 76.4 Å². The van der Waals surface area contributed by atoms with E-state index in [1.165, 1.54) is 5.56 Å². The molecule has 2 atom stereocenters. The van der Waals surface area contributed by atoms with Gasteiger partial charge in [-0.15, -0.1) is 0 Å². The molecule has 1 heterocycles. The molecule has 3 aromatic carbocycles. The highest BCUT2D eigenvalue weighted by atomic mass is 32.1. The van der Waals surface area contributed by atoms with Gasteiger partial charge in [-0.25, -0.2) is 4.98 Å². The van der Waals surface area contributed by atoms with Crippen molar-refractivity contribution < 1.29 is 13.9 Å². The van der Waals surface area contributed by atoms with Crippen LogP contribution in [0.3, 0.4) is 0 Å². The Balaban J connectivity index is 1.41. The third kappa shape index (κ3) is 6.10. The first kappa shape index (κ1) is 25.4. The lowest BCUT2D eigenvalue weighted by atomic mass is 9.98. The van der Waals surface area contributed by atoms with Crippen molar-refractivity contribution in [1.82, 2.24) is 10.3 Å². The second-order valence-corrected chi connectivity index (χ2v) is 9.31. The van der Waals surface area contributed by atoms with E-state index in [-0.39, 0.29) is 17.1 Å². The number of hydrogen-bond acceptors (Lipinski definition) is 5. The zero-order valence-corrected chi connectivity index (χ0v) is 21.8. The summed E-state index contributed by atoms with van der Waals surface area (Å²) in [6, 6.07) is 20.7. The lowest BCUT2D eigenvalue weighted by Crippen LogP contribution is -2.34. The summed E-state index contributed by atoms with van der Waals surface area (Å²) in [7, 11) is 0. The number of amides is 1. The van der Waals surface area contributed by atoms with Gasteiger partial charge in [0.05, 0.1) is 6.10 Å². The maximum atomic E-state index is 12.6. The SMILES string of the molecule is CCC(C)Oc1ccc(C(=O)NC(=S)Nc2cccc(-c3nc4cc(C(C)CC)ccc4o3)c2)cc1. The normalized spacial score (nSPS) is 12.7. The molecule has 2 N–H and O–H groups in total. The largest absolute Gasteiger partial charge is 0.491 e. The van der Waals surface area contributed by atoms with Crippen molar-refractivity contribution in [2.45, 2.75) is 52.6 Å². The average Bonchev–Trinajstić information content (AvgIpc) is 3.32. The number of hydrogen-bond donors (Lipinski definition) is 2. The van der Waals surface area contributed by atoms with Crippen molar-refractivity contribution in [2.24, 2.45) is 0 Å². The number of carbonyl (C=O) groups excluding carboxylic acids is 1. The number of carbonyl (C=O) groups is 1. The minimum Gasteiger partial charge on any atom is -0.491 e. The highest BCUT2D eigenvalue weighted by molar-refractivity contribution is 7.80. The van der Waals surface area contributed by atoms with Crippen LogP contribution in [-0.4, -0.2) is 22.1 Å². The van der Waals surface area contributed by atoms with E-state index in [0.717, 1.165) is 40.9 Å². The highest BCUT2D eigenvalue weighted by Gasteiger charge is 2.13. The van der Waals surface area contributed by atoms with Gasteiger partial charge in [-0.05, 0) is 98.1 Å². The quantitative estimate of drug-likeness (QED) is 0.247. The van der Waals surface area contributed by atoms with Gasteiger partial charge >= 0.3 is 0 Å². The van der Waals surface area contributed by atoms with Gasteiger partial charge in [-0.2, -0.15) is 0 Å². The van der Waals surface area contributed by atoms with Crippen LogP contribution in [0.25, 0.3) is 22.6 Å². The first-order chi connectivity index (χ1) is 17.4. The molecule has 2 unspecified atom stereocenters.